The molecule has 2 aromatic carbocycles. The second kappa shape index (κ2) is 8.71. The first-order chi connectivity index (χ1) is 13.2. The zero-order valence-electron chi connectivity index (χ0n) is 15.3. The number of amides is 1. The second-order valence-electron chi connectivity index (χ2n) is 5.65. The minimum Gasteiger partial charge on any atom is -0.493 e. The van der Waals surface area contributed by atoms with Crippen LogP contribution < -0.4 is 14.9 Å². The van der Waals surface area contributed by atoms with Crippen molar-refractivity contribution >= 4 is 12.1 Å². The molecule has 1 aromatic heterocycles. The van der Waals surface area contributed by atoms with Crippen LogP contribution in [0.2, 0.25) is 0 Å². The Morgan fingerprint density at radius 1 is 1.11 bits per heavy atom. The van der Waals surface area contributed by atoms with Gasteiger partial charge < -0.3 is 14.0 Å². The van der Waals surface area contributed by atoms with E-state index in [1.54, 1.807) is 25.5 Å². The van der Waals surface area contributed by atoms with E-state index in [9.17, 15) is 4.79 Å². The molecule has 0 aliphatic heterocycles. The molecule has 0 bridgehead atoms. The van der Waals surface area contributed by atoms with Crippen LogP contribution in [0, 0.1) is 0 Å². The number of aromatic nitrogens is 1. The number of hydrogen-bond acceptors (Lipinski definition) is 4. The maximum atomic E-state index is 12.5. The highest BCUT2D eigenvalue weighted by atomic mass is 16.5. The third kappa shape index (κ3) is 4.36. The van der Waals surface area contributed by atoms with Gasteiger partial charge in [0.15, 0.2) is 11.5 Å². The van der Waals surface area contributed by atoms with Gasteiger partial charge in [0, 0.05) is 12.4 Å². The average Bonchev–Trinajstić information content (AvgIpc) is 3.24. The van der Waals surface area contributed by atoms with Crippen molar-refractivity contribution in [2.24, 2.45) is 5.10 Å². The molecular weight excluding hydrogens is 342 g/mol. The first-order valence-corrected chi connectivity index (χ1v) is 8.59. The number of para-hydroxylation sites is 1. The van der Waals surface area contributed by atoms with E-state index >= 15 is 0 Å². The van der Waals surface area contributed by atoms with Crippen molar-refractivity contribution in [1.82, 2.24) is 9.99 Å². The molecule has 1 heterocycles. The van der Waals surface area contributed by atoms with Gasteiger partial charge in [-0.25, -0.2) is 5.43 Å². The molecule has 138 valence electrons. The Hall–Kier alpha value is -3.54. The molecule has 0 atom stereocenters. The summed E-state index contributed by atoms with van der Waals surface area (Å²) in [4.78, 5) is 12.5. The van der Waals surface area contributed by atoms with E-state index in [1.807, 2.05) is 66.3 Å². The number of benzene rings is 2. The van der Waals surface area contributed by atoms with Gasteiger partial charge >= 0.3 is 0 Å². The fourth-order valence-electron chi connectivity index (χ4n) is 2.65. The van der Waals surface area contributed by atoms with Gasteiger partial charge in [0.25, 0.3) is 5.91 Å². The number of nitrogens with one attached hydrogen (secondary N) is 1. The van der Waals surface area contributed by atoms with Crippen LogP contribution >= 0.6 is 0 Å². The molecule has 27 heavy (non-hydrogen) atoms. The number of hydrazone groups is 1. The summed E-state index contributed by atoms with van der Waals surface area (Å²) in [6.07, 6.45) is 5.34. The highest BCUT2D eigenvalue weighted by Gasteiger charge is 2.11. The number of hydrogen-bond donors (Lipinski definition) is 1. The zero-order chi connectivity index (χ0) is 19.1. The second-order valence-corrected chi connectivity index (χ2v) is 5.65. The number of carbonyl (C=O) groups excluding carboxylic acids is 1. The van der Waals surface area contributed by atoms with Gasteiger partial charge in [-0.15, -0.1) is 0 Å². The maximum absolute atomic E-state index is 12.5. The molecule has 0 spiro atoms. The molecule has 0 fully saturated rings. The molecule has 0 saturated heterocycles. The van der Waals surface area contributed by atoms with Crippen LogP contribution in [0.1, 0.15) is 22.8 Å². The van der Waals surface area contributed by atoms with Crippen LogP contribution in [0.4, 0.5) is 0 Å². The molecule has 3 rings (SSSR count). The van der Waals surface area contributed by atoms with E-state index in [-0.39, 0.29) is 5.91 Å². The molecule has 3 aromatic rings. The molecule has 6 heteroatoms. The van der Waals surface area contributed by atoms with Gasteiger partial charge in [-0.3, -0.25) is 4.79 Å². The summed E-state index contributed by atoms with van der Waals surface area (Å²) in [6, 6.07) is 16.6. The Morgan fingerprint density at radius 3 is 2.63 bits per heavy atom. The van der Waals surface area contributed by atoms with Crippen LogP contribution in [-0.2, 0) is 0 Å². The van der Waals surface area contributed by atoms with Crippen molar-refractivity contribution in [3.8, 4) is 17.2 Å². The van der Waals surface area contributed by atoms with Crippen molar-refractivity contribution in [1.29, 1.82) is 0 Å². The summed E-state index contributed by atoms with van der Waals surface area (Å²) in [7, 11) is 1.58. The molecule has 0 saturated carbocycles. The lowest BCUT2D eigenvalue weighted by Crippen LogP contribution is -2.19. The van der Waals surface area contributed by atoms with Crippen molar-refractivity contribution in [3.63, 3.8) is 0 Å². The normalized spacial score (nSPS) is 10.7. The Kier molecular flexibility index (Phi) is 5.89. The Balaban J connectivity index is 1.73. The first kappa shape index (κ1) is 18.3. The van der Waals surface area contributed by atoms with Gasteiger partial charge in [0.2, 0.25) is 0 Å². The van der Waals surface area contributed by atoms with E-state index in [0.717, 1.165) is 11.3 Å². The Bertz CT molecular complexity index is 934. The number of nitrogens with zero attached hydrogens (tertiary/aromatic N) is 2. The molecule has 0 unspecified atom stereocenters. The van der Waals surface area contributed by atoms with Crippen molar-refractivity contribution in [3.05, 3.63) is 78.1 Å². The van der Waals surface area contributed by atoms with Crippen molar-refractivity contribution in [2.45, 2.75) is 6.92 Å². The van der Waals surface area contributed by atoms with E-state index in [1.165, 1.54) is 0 Å². The zero-order valence-corrected chi connectivity index (χ0v) is 15.3. The van der Waals surface area contributed by atoms with E-state index in [4.69, 9.17) is 9.47 Å². The Labute approximate surface area is 158 Å². The van der Waals surface area contributed by atoms with Crippen LogP contribution in [0.15, 0.2) is 72.1 Å². The summed E-state index contributed by atoms with van der Waals surface area (Å²) in [5.74, 6) is 1.00. The monoisotopic (exact) mass is 363 g/mol. The maximum Gasteiger partial charge on any atom is 0.273 e. The van der Waals surface area contributed by atoms with E-state index in [2.05, 4.69) is 10.5 Å². The standard InChI is InChI=1S/C21H21N3O3/c1-3-27-19-11-10-16(14-20(19)26-2)15-22-23-21(25)17-8-4-5-9-18(17)24-12-6-7-13-24/h4-15H,3H2,1-2H3,(H,23,25)/b22-15-. The number of methoxy groups -OCH3 is 1. The number of ether oxygens (including phenoxy) is 2. The lowest BCUT2D eigenvalue weighted by Gasteiger charge is -2.10. The lowest BCUT2D eigenvalue weighted by atomic mass is 10.1. The Morgan fingerprint density at radius 2 is 1.89 bits per heavy atom. The SMILES string of the molecule is CCOc1ccc(/C=N\NC(=O)c2ccccc2-n2cccc2)cc1OC. The summed E-state index contributed by atoms with van der Waals surface area (Å²) in [5.41, 5.74) is 4.69. The lowest BCUT2D eigenvalue weighted by molar-refractivity contribution is 0.0955. The van der Waals surface area contributed by atoms with Gasteiger partial charge in [0.1, 0.15) is 0 Å². The third-order valence-electron chi connectivity index (χ3n) is 3.90. The first-order valence-electron chi connectivity index (χ1n) is 8.59. The quantitative estimate of drug-likeness (QED) is 0.515. The average molecular weight is 363 g/mol. The molecule has 0 aliphatic carbocycles. The van der Waals surface area contributed by atoms with Gasteiger partial charge in [-0.1, -0.05) is 12.1 Å². The highest BCUT2D eigenvalue weighted by Crippen LogP contribution is 2.27. The smallest absolute Gasteiger partial charge is 0.273 e. The largest absolute Gasteiger partial charge is 0.493 e. The highest BCUT2D eigenvalue weighted by molar-refractivity contribution is 5.98. The van der Waals surface area contributed by atoms with Gasteiger partial charge in [-0.05, 0) is 55.0 Å². The summed E-state index contributed by atoms with van der Waals surface area (Å²) in [5, 5.41) is 4.06. The van der Waals surface area contributed by atoms with E-state index < -0.39 is 0 Å². The number of carbonyl (C=O) groups is 1. The molecule has 1 N–H and O–H groups in total. The van der Waals surface area contributed by atoms with Crippen LogP contribution in [-0.4, -0.2) is 30.4 Å². The summed E-state index contributed by atoms with van der Waals surface area (Å²) >= 11 is 0. The molecule has 1 amide bonds. The topological polar surface area (TPSA) is 64.8 Å². The van der Waals surface area contributed by atoms with Crippen LogP contribution in [0.5, 0.6) is 11.5 Å². The fraction of sp³-hybridized carbons (Fsp3) is 0.143. The predicted molar refractivity (Wildman–Crippen MR) is 105 cm³/mol. The summed E-state index contributed by atoms with van der Waals surface area (Å²) in [6.45, 7) is 2.47. The third-order valence-corrected chi connectivity index (χ3v) is 3.90. The fourth-order valence-corrected chi connectivity index (χ4v) is 2.65. The molecule has 6 nitrogen and oxygen atoms in total. The van der Waals surface area contributed by atoms with E-state index in [0.29, 0.717) is 23.7 Å². The summed E-state index contributed by atoms with van der Waals surface area (Å²) < 4.78 is 12.7. The van der Waals surface area contributed by atoms with Crippen LogP contribution in [0.3, 0.4) is 0 Å². The predicted octanol–water partition coefficient (Wildman–Crippen LogP) is 3.65. The van der Waals surface area contributed by atoms with Crippen LogP contribution in [0.25, 0.3) is 5.69 Å². The minimum absolute atomic E-state index is 0.284. The molecule has 0 aliphatic rings. The minimum atomic E-state index is -0.284. The van der Waals surface area contributed by atoms with Gasteiger partial charge in [-0.2, -0.15) is 5.10 Å². The molecule has 0 radical (unpaired) electrons. The van der Waals surface area contributed by atoms with Crippen molar-refractivity contribution < 1.29 is 14.3 Å². The molecular formula is C21H21N3O3. The van der Waals surface area contributed by atoms with Gasteiger partial charge in [0.05, 0.1) is 31.2 Å². The number of rotatable bonds is 7. The van der Waals surface area contributed by atoms with Crippen molar-refractivity contribution in [2.75, 3.05) is 13.7 Å².